The Hall–Kier alpha value is -1.32. The third-order valence-corrected chi connectivity index (χ3v) is 8.51. The van der Waals surface area contributed by atoms with Crippen LogP contribution >= 0.6 is 23.1 Å². The largest absolute Gasteiger partial charge is 0.465 e. The highest BCUT2D eigenvalue weighted by molar-refractivity contribution is 8.01. The fourth-order valence-corrected chi connectivity index (χ4v) is 6.31. The van der Waals surface area contributed by atoms with Crippen molar-refractivity contribution < 1.29 is 20.1 Å². The molecule has 2 amide bonds. The summed E-state index contributed by atoms with van der Waals surface area (Å²) >= 11 is 2.96. The Balaban J connectivity index is 1.61. The number of nitrogens with one attached hydrogen (secondary N) is 1. The molecule has 2 aliphatic carbocycles. The van der Waals surface area contributed by atoms with Gasteiger partial charge in [0.25, 0.3) is 0 Å². The SMILES string of the molecule is COC(=O)[C@H]([NH3+])CSc1cnc(NC(=O)N(C2CCCCC2)C2CCC(C)CC2)s1. The van der Waals surface area contributed by atoms with Crippen LogP contribution in [0.4, 0.5) is 9.93 Å². The molecule has 1 heterocycles. The van der Waals surface area contributed by atoms with E-state index in [0.29, 0.717) is 23.0 Å². The smallest absolute Gasteiger partial charge is 0.365 e. The molecule has 1 aromatic rings. The summed E-state index contributed by atoms with van der Waals surface area (Å²) in [5.74, 6) is 0.972. The van der Waals surface area contributed by atoms with Crippen LogP contribution in [-0.4, -0.2) is 52.9 Å². The Morgan fingerprint density at radius 2 is 1.90 bits per heavy atom. The van der Waals surface area contributed by atoms with Crippen LogP contribution in [0.3, 0.4) is 0 Å². The molecule has 168 valence electrons. The fraction of sp³-hybridized carbons (Fsp3) is 0.762. The number of urea groups is 1. The molecule has 2 aliphatic rings. The molecule has 0 aromatic carbocycles. The number of anilines is 1. The maximum atomic E-state index is 13.3. The molecule has 0 unspecified atom stereocenters. The van der Waals surface area contributed by atoms with Crippen molar-refractivity contribution in [2.45, 2.75) is 87.0 Å². The number of quaternary nitrogens is 1. The summed E-state index contributed by atoms with van der Waals surface area (Å²) in [5.41, 5.74) is 3.82. The van der Waals surface area contributed by atoms with Crippen LogP contribution in [0.25, 0.3) is 0 Å². The molecule has 3 rings (SSSR count). The molecule has 1 aromatic heterocycles. The minimum Gasteiger partial charge on any atom is -0.465 e. The van der Waals surface area contributed by atoms with Crippen LogP contribution in [0.2, 0.25) is 0 Å². The fourth-order valence-electron chi connectivity index (χ4n) is 4.47. The third kappa shape index (κ3) is 6.34. The number of ether oxygens (including phenoxy) is 1. The van der Waals surface area contributed by atoms with Crippen LogP contribution in [-0.2, 0) is 9.53 Å². The lowest BCUT2D eigenvalue weighted by atomic mass is 9.84. The number of rotatable bonds is 7. The second-order valence-corrected chi connectivity index (χ2v) is 10.9. The zero-order valence-corrected chi connectivity index (χ0v) is 19.7. The number of thiazole rings is 1. The average Bonchev–Trinajstić information content (AvgIpc) is 3.21. The van der Waals surface area contributed by atoms with E-state index >= 15 is 0 Å². The first-order chi connectivity index (χ1) is 14.5. The van der Waals surface area contributed by atoms with E-state index in [1.807, 2.05) is 0 Å². The molecular weight excluding hydrogens is 420 g/mol. The number of hydrogen-bond donors (Lipinski definition) is 2. The number of esters is 1. The van der Waals surface area contributed by atoms with Crippen LogP contribution in [0.1, 0.15) is 64.7 Å². The van der Waals surface area contributed by atoms with E-state index in [1.165, 1.54) is 62.3 Å². The zero-order chi connectivity index (χ0) is 21.5. The predicted octanol–water partition coefficient (Wildman–Crippen LogP) is 3.76. The van der Waals surface area contributed by atoms with E-state index in [-0.39, 0.29) is 12.0 Å². The maximum Gasteiger partial charge on any atom is 0.365 e. The van der Waals surface area contributed by atoms with Crippen LogP contribution in [0.15, 0.2) is 10.4 Å². The number of methoxy groups -OCH3 is 1. The van der Waals surface area contributed by atoms with Crippen molar-refractivity contribution in [1.82, 2.24) is 9.88 Å². The van der Waals surface area contributed by atoms with Gasteiger partial charge in [-0.25, -0.2) is 14.6 Å². The molecule has 0 spiro atoms. The first kappa shape index (κ1) is 23.3. The van der Waals surface area contributed by atoms with Crippen LogP contribution < -0.4 is 11.1 Å². The van der Waals surface area contributed by atoms with Gasteiger partial charge in [-0.15, -0.1) is 11.8 Å². The summed E-state index contributed by atoms with van der Waals surface area (Å²) < 4.78 is 5.67. The van der Waals surface area contributed by atoms with Gasteiger partial charge in [-0.3, -0.25) is 5.32 Å². The predicted molar refractivity (Wildman–Crippen MR) is 121 cm³/mol. The second-order valence-electron chi connectivity index (χ2n) is 8.56. The van der Waals surface area contributed by atoms with E-state index in [1.54, 1.807) is 6.20 Å². The molecule has 0 saturated heterocycles. The maximum absolute atomic E-state index is 13.3. The quantitative estimate of drug-likeness (QED) is 0.482. The molecule has 1 atom stereocenters. The van der Waals surface area contributed by atoms with E-state index in [2.05, 4.69) is 27.9 Å². The van der Waals surface area contributed by atoms with E-state index in [4.69, 9.17) is 4.74 Å². The highest BCUT2D eigenvalue weighted by Crippen LogP contribution is 2.34. The number of amides is 2. The number of thioether (sulfide) groups is 1. The van der Waals surface area contributed by atoms with Crippen molar-refractivity contribution in [1.29, 1.82) is 0 Å². The molecule has 0 bridgehead atoms. The summed E-state index contributed by atoms with van der Waals surface area (Å²) in [6.45, 7) is 2.31. The van der Waals surface area contributed by atoms with Gasteiger partial charge in [0, 0.05) is 12.1 Å². The Morgan fingerprint density at radius 3 is 2.57 bits per heavy atom. The van der Waals surface area contributed by atoms with Crippen molar-refractivity contribution in [3.05, 3.63) is 6.20 Å². The van der Waals surface area contributed by atoms with Gasteiger partial charge in [0.2, 0.25) is 0 Å². The minimum absolute atomic E-state index is 0.00283. The van der Waals surface area contributed by atoms with Gasteiger partial charge in [-0.2, -0.15) is 0 Å². The summed E-state index contributed by atoms with van der Waals surface area (Å²) in [7, 11) is 1.37. The van der Waals surface area contributed by atoms with Crippen molar-refractivity contribution in [2.75, 3.05) is 18.2 Å². The molecule has 2 saturated carbocycles. The minimum atomic E-state index is -0.421. The van der Waals surface area contributed by atoms with Crippen molar-refractivity contribution >= 4 is 40.2 Å². The van der Waals surface area contributed by atoms with Gasteiger partial charge >= 0.3 is 12.0 Å². The molecular formula is C21H35N4O3S2+. The number of carbonyl (C=O) groups is 2. The second kappa shape index (κ2) is 11.3. The Kier molecular flexibility index (Phi) is 8.83. The number of nitrogens with zero attached hydrogens (tertiary/aromatic N) is 2. The van der Waals surface area contributed by atoms with E-state index < -0.39 is 6.04 Å². The molecule has 7 nitrogen and oxygen atoms in total. The molecule has 2 fully saturated rings. The van der Waals surface area contributed by atoms with Gasteiger partial charge in [0.1, 0.15) is 0 Å². The summed E-state index contributed by atoms with van der Waals surface area (Å²) in [4.78, 5) is 31.3. The van der Waals surface area contributed by atoms with E-state index in [9.17, 15) is 9.59 Å². The number of carbonyl (C=O) groups excluding carboxylic acids is 2. The first-order valence-corrected chi connectivity index (χ1v) is 12.9. The van der Waals surface area contributed by atoms with Crippen molar-refractivity contribution in [2.24, 2.45) is 5.92 Å². The molecule has 30 heavy (non-hydrogen) atoms. The molecule has 4 N–H and O–H groups in total. The Labute approximate surface area is 187 Å². The van der Waals surface area contributed by atoms with Gasteiger partial charge in [0.15, 0.2) is 11.2 Å². The van der Waals surface area contributed by atoms with E-state index in [0.717, 1.165) is 35.8 Å². The lowest BCUT2D eigenvalue weighted by molar-refractivity contribution is -0.400. The highest BCUT2D eigenvalue weighted by atomic mass is 32.2. The summed E-state index contributed by atoms with van der Waals surface area (Å²) in [6, 6.07) is 0.260. The van der Waals surface area contributed by atoms with Crippen LogP contribution in [0, 0.1) is 5.92 Å². The topological polar surface area (TPSA) is 99.2 Å². The monoisotopic (exact) mass is 455 g/mol. The molecule has 0 aliphatic heterocycles. The average molecular weight is 456 g/mol. The standard InChI is InChI=1S/C21H34N4O3S2/c1-14-8-10-16(11-9-14)25(15-6-4-3-5-7-15)21(27)24-20-23-12-18(30-20)29-13-17(22)19(26)28-2/h12,14-17H,3-11,13,22H2,1-2H3,(H,23,24,27)/p+1/t14?,16?,17-/m1/s1. The van der Waals surface area contributed by atoms with Gasteiger partial charge in [0.05, 0.1) is 23.3 Å². The summed E-state index contributed by atoms with van der Waals surface area (Å²) in [6.07, 6.45) is 12.3. The summed E-state index contributed by atoms with van der Waals surface area (Å²) in [5, 5.41) is 3.68. The third-order valence-electron chi connectivity index (χ3n) is 6.24. The van der Waals surface area contributed by atoms with Gasteiger partial charge in [-0.05, 0) is 44.4 Å². The van der Waals surface area contributed by atoms with Crippen LogP contribution in [0.5, 0.6) is 0 Å². The Bertz CT molecular complexity index is 700. The van der Waals surface area contributed by atoms with Gasteiger partial charge in [-0.1, -0.05) is 37.5 Å². The lowest BCUT2D eigenvalue weighted by Gasteiger charge is -2.42. The highest BCUT2D eigenvalue weighted by Gasteiger charge is 2.34. The van der Waals surface area contributed by atoms with Gasteiger partial charge < -0.3 is 15.4 Å². The normalized spacial score (nSPS) is 23.6. The first-order valence-electron chi connectivity index (χ1n) is 11.1. The molecule has 9 heteroatoms. The Morgan fingerprint density at radius 1 is 1.23 bits per heavy atom. The molecule has 0 radical (unpaired) electrons. The van der Waals surface area contributed by atoms with Crippen molar-refractivity contribution in [3.8, 4) is 0 Å². The lowest BCUT2D eigenvalue weighted by Crippen LogP contribution is -2.66. The van der Waals surface area contributed by atoms with Crippen molar-refractivity contribution in [3.63, 3.8) is 0 Å². The zero-order valence-electron chi connectivity index (χ0n) is 18.1. The number of hydrogen-bond acceptors (Lipinski definition) is 6. The number of aromatic nitrogens is 1.